The lowest BCUT2D eigenvalue weighted by Crippen LogP contribution is -2.44. The third-order valence-electron chi connectivity index (χ3n) is 3.29. The number of carboxylic acid groups (broad SMARTS) is 1. The average molecular weight is 302 g/mol. The highest BCUT2D eigenvalue weighted by Gasteiger charge is 2.36. The number of ether oxygens (including phenoxy) is 2. The third-order valence-corrected chi connectivity index (χ3v) is 3.29. The van der Waals surface area contributed by atoms with Crippen LogP contribution in [0, 0.1) is 0 Å². The van der Waals surface area contributed by atoms with Crippen molar-refractivity contribution in [3.05, 3.63) is 0 Å². The van der Waals surface area contributed by atoms with Crippen molar-refractivity contribution in [2.24, 2.45) is 0 Å². The molecule has 2 N–H and O–H groups in total. The maximum Gasteiger partial charge on any atom is 0.317 e. The summed E-state index contributed by atoms with van der Waals surface area (Å²) in [5.41, 5.74) is 0. The number of esters is 1. The molecule has 1 heterocycles. The van der Waals surface area contributed by atoms with Crippen LogP contribution in [0.2, 0.25) is 0 Å². The molecule has 21 heavy (non-hydrogen) atoms. The lowest BCUT2D eigenvalue weighted by molar-refractivity contribution is -0.144. The number of carboxylic acids is 1. The van der Waals surface area contributed by atoms with Gasteiger partial charge in [-0.2, -0.15) is 0 Å². The number of amides is 2. The second kappa shape index (κ2) is 8.46. The van der Waals surface area contributed by atoms with Crippen molar-refractivity contribution in [3.63, 3.8) is 0 Å². The van der Waals surface area contributed by atoms with Gasteiger partial charge in [0.2, 0.25) is 0 Å². The molecular formula is C13H22N2O6. The molecule has 1 saturated heterocycles. The van der Waals surface area contributed by atoms with Crippen LogP contribution in [0.25, 0.3) is 0 Å². The summed E-state index contributed by atoms with van der Waals surface area (Å²) in [6.45, 7) is 2.44. The molecule has 0 bridgehead atoms. The number of rotatable bonds is 7. The standard InChI is InChI=1S/C13H22N2O6/c1-3-21-12(18)7-9-6-10(20-2)8-15(9)13(19)14-5-4-11(16)17/h9-10H,3-8H2,1-2H3,(H,14,19)(H,16,17). The second-order valence-electron chi connectivity index (χ2n) is 4.78. The molecule has 1 aliphatic rings. The Morgan fingerprint density at radius 3 is 2.67 bits per heavy atom. The number of methoxy groups -OCH3 is 1. The van der Waals surface area contributed by atoms with Crippen LogP contribution < -0.4 is 5.32 Å². The summed E-state index contributed by atoms with van der Waals surface area (Å²) < 4.78 is 10.1. The fraction of sp³-hybridized carbons (Fsp3) is 0.769. The predicted octanol–water partition coefficient (Wildman–Crippen LogP) is 0.213. The van der Waals surface area contributed by atoms with E-state index in [1.54, 1.807) is 14.0 Å². The molecule has 2 atom stereocenters. The molecule has 8 heteroatoms. The largest absolute Gasteiger partial charge is 0.481 e. The normalized spacial score (nSPS) is 21.1. The van der Waals surface area contributed by atoms with E-state index < -0.39 is 5.97 Å². The van der Waals surface area contributed by atoms with Crippen LogP contribution in [-0.2, 0) is 19.1 Å². The van der Waals surface area contributed by atoms with E-state index in [0.29, 0.717) is 19.6 Å². The van der Waals surface area contributed by atoms with Crippen LogP contribution in [0.1, 0.15) is 26.2 Å². The number of nitrogens with one attached hydrogen (secondary N) is 1. The van der Waals surface area contributed by atoms with Crippen molar-refractivity contribution >= 4 is 18.0 Å². The molecule has 0 saturated carbocycles. The lowest BCUT2D eigenvalue weighted by atomic mass is 10.1. The van der Waals surface area contributed by atoms with Crippen LogP contribution in [0.3, 0.4) is 0 Å². The summed E-state index contributed by atoms with van der Waals surface area (Å²) in [5, 5.41) is 11.1. The summed E-state index contributed by atoms with van der Waals surface area (Å²) in [4.78, 5) is 35.6. The Bertz CT molecular complexity index is 387. The van der Waals surface area contributed by atoms with Gasteiger partial charge < -0.3 is 24.8 Å². The molecule has 0 aliphatic carbocycles. The number of nitrogens with zero attached hydrogens (tertiary/aromatic N) is 1. The number of hydrogen-bond donors (Lipinski definition) is 2. The SMILES string of the molecule is CCOC(=O)CC1CC(OC)CN1C(=O)NCCC(=O)O. The Labute approximate surface area is 123 Å². The zero-order chi connectivity index (χ0) is 15.8. The van der Waals surface area contributed by atoms with E-state index in [1.807, 2.05) is 0 Å². The summed E-state index contributed by atoms with van der Waals surface area (Å²) in [6.07, 6.45) is 0.395. The van der Waals surface area contributed by atoms with Gasteiger partial charge >= 0.3 is 18.0 Å². The fourth-order valence-electron chi connectivity index (χ4n) is 2.28. The molecule has 1 aliphatic heterocycles. The Balaban J connectivity index is 2.55. The van der Waals surface area contributed by atoms with Crippen LogP contribution in [-0.4, -0.2) is 66.9 Å². The summed E-state index contributed by atoms with van der Waals surface area (Å²) in [7, 11) is 1.55. The number of urea groups is 1. The van der Waals surface area contributed by atoms with Crippen LogP contribution in [0.5, 0.6) is 0 Å². The zero-order valence-corrected chi connectivity index (χ0v) is 12.3. The van der Waals surface area contributed by atoms with Crippen molar-refractivity contribution in [2.75, 3.05) is 26.8 Å². The van der Waals surface area contributed by atoms with Gasteiger partial charge in [-0.1, -0.05) is 0 Å². The summed E-state index contributed by atoms with van der Waals surface area (Å²) in [6, 6.07) is -0.677. The summed E-state index contributed by atoms with van der Waals surface area (Å²) in [5.74, 6) is -1.34. The summed E-state index contributed by atoms with van der Waals surface area (Å²) >= 11 is 0. The first kappa shape index (κ1) is 17.2. The van der Waals surface area contributed by atoms with Gasteiger partial charge in [0.1, 0.15) is 0 Å². The fourth-order valence-corrected chi connectivity index (χ4v) is 2.28. The van der Waals surface area contributed by atoms with Crippen molar-refractivity contribution in [1.29, 1.82) is 0 Å². The first-order valence-electron chi connectivity index (χ1n) is 6.92. The first-order chi connectivity index (χ1) is 9.97. The van der Waals surface area contributed by atoms with Crippen LogP contribution in [0.15, 0.2) is 0 Å². The van der Waals surface area contributed by atoms with Crippen molar-refractivity contribution < 1.29 is 29.0 Å². The molecule has 120 valence electrons. The van der Waals surface area contributed by atoms with Gasteiger partial charge in [0, 0.05) is 26.2 Å². The molecule has 1 rings (SSSR count). The van der Waals surface area contributed by atoms with Crippen molar-refractivity contribution in [1.82, 2.24) is 10.2 Å². The van der Waals surface area contributed by atoms with Gasteiger partial charge in [0.25, 0.3) is 0 Å². The van der Waals surface area contributed by atoms with Crippen molar-refractivity contribution in [3.8, 4) is 0 Å². The monoisotopic (exact) mass is 302 g/mol. The Morgan fingerprint density at radius 2 is 2.10 bits per heavy atom. The van der Waals surface area contributed by atoms with Crippen molar-refractivity contribution in [2.45, 2.75) is 38.3 Å². The average Bonchev–Trinajstić information content (AvgIpc) is 2.81. The maximum atomic E-state index is 12.1. The predicted molar refractivity (Wildman–Crippen MR) is 72.8 cm³/mol. The van der Waals surface area contributed by atoms with E-state index in [1.165, 1.54) is 4.90 Å². The highest BCUT2D eigenvalue weighted by Crippen LogP contribution is 2.23. The van der Waals surface area contributed by atoms with Gasteiger partial charge in [-0.25, -0.2) is 4.79 Å². The topological polar surface area (TPSA) is 105 Å². The molecule has 2 amide bonds. The molecule has 0 aromatic heterocycles. The molecule has 1 fully saturated rings. The van der Waals surface area contributed by atoms with Gasteiger partial charge in [0.15, 0.2) is 0 Å². The van der Waals surface area contributed by atoms with E-state index in [2.05, 4.69) is 5.32 Å². The van der Waals surface area contributed by atoms with Crippen LogP contribution in [0.4, 0.5) is 4.79 Å². The molecule has 0 spiro atoms. The van der Waals surface area contributed by atoms with Gasteiger partial charge in [-0.05, 0) is 13.3 Å². The lowest BCUT2D eigenvalue weighted by Gasteiger charge is -2.23. The highest BCUT2D eigenvalue weighted by molar-refractivity contribution is 5.77. The van der Waals surface area contributed by atoms with E-state index in [4.69, 9.17) is 14.6 Å². The van der Waals surface area contributed by atoms with E-state index in [9.17, 15) is 14.4 Å². The minimum Gasteiger partial charge on any atom is -0.481 e. The second-order valence-corrected chi connectivity index (χ2v) is 4.78. The number of carbonyl (C=O) groups excluding carboxylic acids is 2. The molecule has 8 nitrogen and oxygen atoms in total. The van der Waals surface area contributed by atoms with Gasteiger partial charge in [-0.3, -0.25) is 9.59 Å². The molecule has 0 radical (unpaired) electrons. The smallest absolute Gasteiger partial charge is 0.317 e. The quantitative estimate of drug-likeness (QED) is 0.651. The minimum absolute atomic E-state index is 0.0500. The maximum absolute atomic E-state index is 12.1. The van der Waals surface area contributed by atoms with E-state index >= 15 is 0 Å². The van der Waals surface area contributed by atoms with E-state index in [0.717, 1.165) is 0 Å². The number of likely N-dealkylation sites (tertiary alicyclic amines) is 1. The zero-order valence-electron chi connectivity index (χ0n) is 12.3. The minimum atomic E-state index is -0.977. The molecular weight excluding hydrogens is 280 g/mol. The van der Waals surface area contributed by atoms with Crippen LogP contribution >= 0.6 is 0 Å². The van der Waals surface area contributed by atoms with Gasteiger partial charge in [-0.15, -0.1) is 0 Å². The number of hydrogen-bond acceptors (Lipinski definition) is 5. The Hall–Kier alpha value is -1.83. The number of carbonyl (C=O) groups is 3. The molecule has 0 aromatic rings. The van der Waals surface area contributed by atoms with Gasteiger partial charge in [0.05, 0.1) is 25.6 Å². The first-order valence-corrected chi connectivity index (χ1v) is 6.92. The van der Waals surface area contributed by atoms with E-state index in [-0.39, 0.29) is 43.5 Å². The number of aliphatic carboxylic acids is 1. The molecule has 2 unspecified atom stereocenters. The highest BCUT2D eigenvalue weighted by atomic mass is 16.5. The third kappa shape index (κ3) is 5.58. The Kier molecular flexibility index (Phi) is 6.93. The Morgan fingerprint density at radius 1 is 1.38 bits per heavy atom. The molecule has 0 aromatic carbocycles.